The van der Waals surface area contributed by atoms with Crippen molar-refractivity contribution in [1.82, 2.24) is 0 Å². The first-order chi connectivity index (χ1) is 3.93. The van der Waals surface area contributed by atoms with Gasteiger partial charge in [0.25, 0.3) is 6.29 Å². The van der Waals surface area contributed by atoms with Crippen LogP contribution in [-0.4, -0.2) is 23.3 Å². The molecule has 0 spiro atoms. The maximum Gasteiger partial charge on any atom is 0.262 e. The third-order valence-corrected chi connectivity index (χ3v) is 1.37. The molecule has 4 heteroatoms. The Morgan fingerprint density at radius 3 is 3.12 bits per heavy atom. The fourth-order valence-electron chi connectivity index (χ4n) is 0.322. The van der Waals surface area contributed by atoms with Crippen molar-refractivity contribution in [1.29, 1.82) is 0 Å². The second-order valence-electron chi connectivity index (χ2n) is 1.12. The van der Waals surface area contributed by atoms with Gasteiger partial charge in [-0.3, -0.25) is 4.79 Å². The van der Waals surface area contributed by atoms with Crippen LogP contribution in [0, 0.1) is 0 Å². The third-order valence-electron chi connectivity index (χ3n) is 0.612. The van der Waals surface area contributed by atoms with Gasteiger partial charge in [-0.05, 0) is 0 Å². The first-order valence-electron chi connectivity index (χ1n) is 2.04. The molecule has 0 atom stereocenters. The van der Waals surface area contributed by atoms with Gasteiger partial charge in [-0.1, -0.05) is 11.8 Å². The highest BCUT2D eigenvalue weighted by Crippen LogP contribution is 2.03. The first kappa shape index (κ1) is 5.50. The second-order valence-corrected chi connectivity index (χ2v) is 2.12. The number of hydrogen-bond acceptors (Lipinski definition) is 4. The van der Waals surface area contributed by atoms with Crippen molar-refractivity contribution in [3.8, 4) is 0 Å². The molecular formula is C4H3N2OS. The molecule has 0 aromatic rings. The van der Waals surface area contributed by atoms with Crippen LogP contribution in [0.25, 0.3) is 0 Å². The highest BCUT2D eigenvalue weighted by Gasteiger charge is 1.99. The zero-order valence-electron chi connectivity index (χ0n) is 4.00. The number of nitrogens with zero attached hydrogens (tertiary/aromatic N) is 2. The van der Waals surface area contributed by atoms with E-state index < -0.39 is 0 Å². The minimum Gasteiger partial charge on any atom is -0.282 e. The summed E-state index contributed by atoms with van der Waals surface area (Å²) in [7, 11) is 0. The Morgan fingerprint density at radius 2 is 2.75 bits per heavy atom. The van der Waals surface area contributed by atoms with E-state index in [1.165, 1.54) is 11.8 Å². The van der Waals surface area contributed by atoms with Crippen LogP contribution in [0.1, 0.15) is 0 Å². The summed E-state index contributed by atoms with van der Waals surface area (Å²) in [4.78, 5) is 9.81. The third kappa shape index (κ3) is 1.16. The van der Waals surface area contributed by atoms with Crippen LogP contribution in [-0.2, 0) is 4.79 Å². The van der Waals surface area contributed by atoms with Crippen molar-refractivity contribution < 1.29 is 4.79 Å². The van der Waals surface area contributed by atoms with E-state index in [0.29, 0.717) is 5.04 Å². The van der Waals surface area contributed by atoms with Crippen LogP contribution >= 0.6 is 11.8 Å². The minimum atomic E-state index is 0.340. The number of carbonyl (C=O) groups excluding carboxylic acids is 1. The zero-order valence-corrected chi connectivity index (χ0v) is 4.81. The van der Waals surface area contributed by atoms with Crippen LogP contribution in [0.2, 0.25) is 0 Å². The molecule has 0 aromatic heterocycles. The van der Waals surface area contributed by atoms with Crippen molar-refractivity contribution in [2.75, 3.05) is 5.75 Å². The van der Waals surface area contributed by atoms with Gasteiger partial charge >= 0.3 is 0 Å². The summed E-state index contributed by atoms with van der Waals surface area (Å²) in [5.74, 6) is 0.730. The van der Waals surface area contributed by atoms with E-state index in [1.807, 2.05) is 0 Å². The molecule has 0 saturated heterocycles. The fraction of sp³-hybridized carbons (Fsp3) is 0.250. The van der Waals surface area contributed by atoms with E-state index in [-0.39, 0.29) is 0 Å². The Morgan fingerprint density at radius 1 is 1.88 bits per heavy atom. The Kier molecular flexibility index (Phi) is 1.80. The number of hydrogen-bond donors (Lipinski definition) is 0. The topological polar surface area (TPSA) is 41.8 Å². The molecule has 0 fully saturated rings. The zero-order chi connectivity index (χ0) is 5.82. The summed E-state index contributed by atoms with van der Waals surface area (Å²) in [6, 6.07) is 0. The average molecular weight is 127 g/mol. The monoisotopic (exact) mass is 127 g/mol. The molecule has 1 aliphatic heterocycles. The van der Waals surface area contributed by atoms with Crippen LogP contribution in [0.4, 0.5) is 0 Å². The molecule has 0 bridgehead atoms. The standard InChI is InChI=1S/C4H3N2OS/c7-3-4-6-5-1-2-8-4/h1H,2H2. The van der Waals surface area contributed by atoms with E-state index in [4.69, 9.17) is 0 Å². The lowest BCUT2D eigenvalue weighted by molar-refractivity contribution is 0.567. The quantitative estimate of drug-likeness (QED) is 0.506. The summed E-state index contributed by atoms with van der Waals surface area (Å²) in [5.41, 5.74) is 0. The van der Waals surface area contributed by atoms with Crippen LogP contribution < -0.4 is 0 Å². The van der Waals surface area contributed by atoms with Crippen molar-refractivity contribution in [2.24, 2.45) is 10.2 Å². The van der Waals surface area contributed by atoms with Gasteiger partial charge in [0, 0.05) is 12.0 Å². The molecule has 1 aliphatic rings. The molecule has 0 aromatic carbocycles. The average Bonchev–Trinajstić information content (AvgIpc) is 1.90. The molecular weight excluding hydrogens is 124 g/mol. The molecule has 0 aliphatic carbocycles. The van der Waals surface area contributed by atoms with Gasteiger partial charge in [0.1, 0.15) is 0 Å². The molecule has 3 nitrogen and oxygen atoms in total. The van der Waals surface area contributed by atoms with Gasteiger partial charge in [-0.2, -0.15) is 5.10 Å². The second kappa shape index (κ2) is 2.61. The molecule has 41 valence electrons. The van der Waals surface area contributed by atoms with Crippen molar-refractivity contribution in [3.63, 3.8) is 0 Å². The Balaban J connectivity index is 2.63. The normalized spacial score (nSPS) is 17.8. The van der Waals surface area contributed by atoms with E-state index in [9.17, 15) is 4.79 Å². The Bertz CT molecular complexity index is 152. The van der Waals surface area contributed by atoms with Crippen molar-refractivity contribution in [3.05, 3.63) is 0 Å². The van der Waals surface area contributed by atoms with Gasteiger partial charge in [-0.15, -0.1) is 5.10 Å². The number of thioether (sulfide) groups is 1. The number of rotatable bonds is 1. The van der Waals surface area contributed by atoms with E-state index in [0.717, 1.165) is 5.75 Å². The summed E-state index contributed by atoms with van der Waals surface area (Å²) >= 11 is 1.34. The molecule has 1 heterocycles. The molecule has 0 N–H and O–H groups in total. The lowest BCUT2D eigenvalue weighted by Gasteiger charge is -1.94. The molecule has 1 radical (unpaired) electrons. The predicted octanol–water partition coefficient (Wildman–Crippen LogP) is 0.227. The maximum atomic E-state index is 9.81. The predicted molar refractivity (Wildman–Crippen MR) is 34.1 cm³/mol. The molecule has 1 rings (SSSR count). The van der Waals surface area contributed by atoms with Gasteiger partial charge in [0.15, 0.2) is 5.04 Å². The van der Waals surface area contributed by atoms with E-state index >= 15 is 0 Å². The summed E-state index contributed by atoms with van der Waals surface area (Å²) in [5, 5.41) is 7.32. The first-order valence-corrected chi connectivity index (χ1v) is 3.02. The summed E-state index contributed by atoms with van der Waals surface area (Å²) in [6.45, 7) is 0. The fourth-order valence-corrected chi connectivity index (χ4v) is 0.784. The Hall–Kier alpha value is -0.640. The SMILES string of the molecule is O=[C]C1=NN=CCS1. The van der Waals surface area contributed by atoms with Crippen LogP contribution in [0.5, 0.6) is 0 Å². The molecule has 0 saturated carbocycles. The lowest BCUT2D eigenvalue weighted by atomic mass is 10.8. The van der Waals surface area contributed by atoms with Crippen molar-refractivity contribution in [2.45, 2.75) is 0 Å². The van der Waals surface area contributed by atoms with Gasteiger partial charge in [-0.25, -0.2) is 0 Å². The van der Waals surface area contributed by atoms with E-state index in [1.54, 1.807) is 12.5 Å². The summed E-state index contributed by atoms with van der Waals surface area (Å²) < 4.78 is 0. The highest BCUT2D eigenvalue weighted by molar-refractivity contribution is 8.16. The molecule has 8 heavy (non-hydrogen) atoms. The van der Waals surface area contributed by atoms with E-state index in [2.05, 4.69) is 10.2 Å². The minimum absolute atomic E-state index is 0.340. The van der Waals surface area contributed by atoms with Gasteiger partial charge in [0.2, 0.25) is 0 Å². The van der Waals surface area contributed by atoms with Crippen LogP contribution in [0.3, 0.4) is 0 Å². The van der Waals surface area contributed by atoms with Crippen LogP contribution in [0.15, 0.2) is 10.2 Å². The largest absolute Gasteiger partial charge is 0.282 e. The maximum absolute atomic E-state index is 9.81. The van der Waals surface area contributed by atoms with Crippen molar-refractivity contribution >= 4 is 29.3 Å². The lowest BCUT2D eigenvalue weighted by Crippen LogP contribution is -1.98. The van der Waals surface area contributed by atoms with Gasteiger partial charge < -0.3 is 0 Å². The van der Waals surface area contributed by atoms with Gasteiger partial charge in [0.05, 0.1) is 0 Å². The highest BCUT2D eigenvalue weighted by atomic mass is 32.2. The molecule has 0 amide bonds. The Labute approximate surface area is 50.9 Å². The smallest absolute Gasteiger partial charge is 0.262 e. The summed E-state index contributed by atoms with van der Waals surface area (Å²) in [6.07, 6.45) is 3.30. The molecule has 0 unspecified atom stereocenters.